The predicted molar refractivity (Wildman–Crippen MR) is 127 cm³/mol. The summed E-state index contributed by atoms with van der Waals surface area (Å²) in [5.74, 6) is -0.589. The highest BCUT2D eigenvalue weighted by Gasteiger charge is 2.30. The van der Waals surface area contributed by atoms with E-state index in [0.717, 1.165) is 35.9 Å². The number of aromatic nitrogens is 4. The largest absolute Gasteiger partial charge is 0.495 e. The lowest BCUT2D eigenvalue weighted by molar-refractivity contribution is 0.00463. The zero-order valence-electron chi connectivity index (χ0n) is 19.7. The lowest BCUT2D eigenvalue weighted by atomic mass is 9.89. The van der Waals surface area contributed by atoms with Crippen molar-refractivity contribution < 1.29 is 18.3 Å². The van der Waals surface area contributed by atoms with Crippen LogP contribution in [0.1, 0.15) is 60.7 Å². The van der Waals surface area contributed by atoms with Crippen molar-refractivity contribution in [3.05, 3.63) is 71.3 Å². The van der Waals surface area contributed by atoms with Crippen molar-refractivity contribution in [2.24, 2.45) is 0 Å². The average Bonchev–Trinajstić information content (AvgIpc) is 3.59. The molecule has 4 aromatic rings. The van der Waals surface area contributed by atoms with E-state index in [1.54, 1.807) is 7.11 Å². The minimum atomic E-state index is -0.659. The number of rotatable bonds is 5. The van der Waals surface area contributed by atoms with Crippen LogP contribution in [-0.2, 0) is 4.74 Å². The molecule has 1 aliphatic heterocycles. The van der Waals surface area contributed by atoms with Gasteiger partial charge in [0, 0.05) is 47.0 Å². The summed E-state index contributed by atoms with van der Waals surface area (Å²) in [6.45, 7) is 2.47. The average molecular weight is 477 g/mol. The Bertz CT molecular complexity index is 1420. The molecule has 1 saturated heterocycles. The van der Waals surface area contributed by atoms with Gasteiger partial charge >= 0.3 is 0 Å². The number of hydrogen-bond acceptors (Lipinski definition) is 5. The van der Waals surface area contributed by atoms with Crippen LogP contribution in [0, 0.1) is 18.6 Å². The van der Waals surface area contributed by atoms with Gasteiger partial charge in [-0.05, 0) is 56.9 Å². The van der Waals surface area contributed by atoms with Gasteiger partial charge in [-0.2, -0.15) is 5.10 Å². The van der Waals surface area contributed by atoms with Gasteiger partial charge in [0.15, 0.2) is 0 Å². The van der Waals surface area contributed by atoms with Gasteiger partial charge in [-0.3, -0.25) is 9.67 Å². The molecule has 0 spiro atoms. The van der Waals surface area contributed by atoms with E-state index in [1.807, 2.05) is 29.9 Å². The molecule has 1 aromatic carbocycles. The maximum absolute atomic E-state index is 14.9. The smallest absolute Gasteiger partial charge is 0.140 e. The molecule has 0 bridgehead atoms. The molecule has 6 nitrogen and oxygen atoms in total. The number of fused-ring (bicyclic) bond motifs is 1. The van der Waals surface area contributed by atoms with Crippen molar-refractivity contribution in [1.82, 2.24) is 19.7 Å². The first-order chi connectivity index (χ1) is 17.0. The van der Waals surface area contributed by atoms with Crippen LogP contribution in [0.5, 0.6) is 5.75 Å². The number of ether oxygens (including phenoxy) is 2. The van der Waals surface area contributed by atoms with E-state index >= 15 is 0 Å². The van der Waals surface area contributed by atoms with Crippen LogP contribution < -0.4 is 4.74 Å². The van der Waals surface area contributed by atoms with E-state index < -0.39 is 11.6 Å². The monoisotopic (exact) mass is 476 g/mol. The fraction of sp³-hybridized carbons (Fsp3) is 0.370. The summed E-state index contributed by atoms with van der Waals surface area (Å²) in [7, 11) is 1.57. The Morgan fingerprint density at radius 3 is 2.71 bits per heavy atom. The molecule has 6 rings (SSSR count). The van der Waals surface area contributed by atoms with Gasteiger partial charge in [0.25, 0.3) is 0 Å². The molecule has 0 radical (unpaired) electrons. The Balaban J connectivity index is 1.42. The van der Waals surface area contributed by atoms with Gasteiger partial charge in [-0.15, -0.1) is 0 Å². The van der Waals surface area contributed by atoms with Crippen molar-refractivity contribution >= 4 is 10.9 Å². The molecule has 2 aliphatic rings. The third kappa shape index (κ3) is 4.16. The van der Waals surface area contributed by atoms with Crippen LogP contribution in [0.25, 0.3) is 22.2 Å². The summed E-state index contributed by atoms with van der Waals surface area (Å²) in [4.78, 5) is 9.66. The zero-order chi connectivity index (χ0) is 24.1. The number of hydrogen-bond donors (Lipinski definition) is 0. The Labute approximate surface area is 201 Å². The Morgan fingerprint density at radius 2 is 1.94 bits per heavy atom. The van der Waals surface area contributed by atoms with E-state index in [1.165, 1.54) is 25.0 Å². The molecule has 0 N–H and O–H groups in total. The maximum atomic E-state index is 14.9. The topological polar surface area (TPSA) is 62.1 Å². The number of aryl methyl sites for hydroxylation is 1. The molecular formula is C27H26F2N4O2. The molecular weight excluding hydrogens is 450 g/mol. The predicted octanol–water partition coefficient (Wildman–Crippen LogP) is 6.06. The van der Waals surface area contributed by atoms with E-state index in [0.29, 0.717) is 35.0 Å². The standard InChI is InChI=1S/C27H26F2N4O2/c1-15-25(34-2)11-21-24(31-15)12-23(32-27(21)20-6-3-18(28)10-22(20)29)16-7-8-35-26(9-16)17-13-30-33(14-17)19-4-5-19/h3,6,10-14,16,19,26H,4-5,7-9H2,1-2H3/t16-,26-/m1/s1. The number of nitrogens with zero attached hydrogens (tertiary/aromatic N) is 4. The molecule has 4 heterocycles. The zero-order valence-corrected chi connectivity index (χ0v) is 19.7. The third-order valence-electron chi connectivity index (χ3n) is 7.00. The molecule has 1 aliphatic carbocycles. The molecule has 2 fully saturated rings. The molecule has 0 amide bonds. The van der Waals surface area contributed by atoms with Gasteiger partial charge < -0.3 is 9.47 Å². The van der Waals surface area contributed by atoms with Crippen LogP contribution in [0.15, 0.2) is 42.7 Å². The second-order valence-electron chi connectivity index (χ2n) is 9.43. The first-order valence-corrected chi connectivity index (χ1v) is 12.0. The Hall–Kier alpha value is -3.39. The van der Waals surface area contributed by atoms with E-state index in [2.05, 4.69) is 11.3 Å². The summed E-state index contributed by atoms with van der Waals surface area (Å²) in [5, 5.41) is 5.18. The second kappa shape index (κ2) is 8.68. The number of benzene rings is 1. The Kier molecular flexibility index (Phi) is 5.48. The van der Waals surface area contributed by atoms with Crippen molar-refractivity contribution in [2.45, 2.75) is 50.7 Å². The first kappa shape index (κ1) is 22.1. The molecule has 2 atom stereocenters. The summed E-state index contributed by atoms with van der Waals surface area (Å²) < 4.78 is 42.1. The number of pyridine rings is 2. The van der Waals surface area contributed by atoms with Crippen LogP contribution >= 0.6 is 0 Å². The number of halogens is 2. The summed E-state index contributed by atoms with van der Waals surface area (Å²) in [6.07, 6.45) is 7.81. The SMILES string of the molecule is COc1cc2c(-c3ccc(F)cc3F)nc([C@@H]3CCO[C@@H](c4cnn(C5CC5)c4)C3)cc2nc1C. The van der Waals surface area contributed by atoms with Crippen LogP contribution in [0.2, 0.25) is 0 Å². The van der Waals surface area contributed by atoms with Gasteiger partial charge in [0.1, 0.15) is 17.4 Å². The highest BCUT2D eigenvalue weighted by atomic mass is 19.1. The molecule has 35 heavy (non-hydrogen) atoms. The lowest BCUT2D eigenvalue weighted by Crippen LogP contribution is -2.19. The van der Waals surface area contributed by atoms with Crippen molar-refractivity contribution in [2.75, 3.05) is 13.7 Å². The van der Waals surface area contributed by atoms with Crippen molar-refractivity contribution in [3.8, 4) is 17.0 Å². The van der Waals surface area contributed by atoms with Crippen LogP contribution in [0.3, 0.4) is 0 Å². The molecule has 8 heteroatoms. The number of methoxy groups -OCH3 is 1. The molecule has 0 unspecified atom stereocenters. The summed E-state index contributed by atoms with van der Waals surface area (Å²) >= 11 is 0. The van der Waals surface area contributed by atoms with Gasteiger partial charge in [0.05, 0.1) is 42.4 Å². The van der Waals surface area contributed by atoms with Crippen LogP contribution in [-0.4, -0.2) is 33.5 Å². The summed E-state index contributed by atoms with van der Waals surface area (Å²) in [5.41, 5.74) is 4.02. The normalized spacial score (nSPS) is 20.3. The third-order valence-corrected chi connectivity index (χ3v) is 7.00. The van der Waals surface area contributed by atoms with Crippen molar-refractivity contribution in [1.29, 1.82) is 0 Å². The lowest BCUT2D eigenvalue weighted by Gasteiger charge is -2.29. The quantitative estimate of drug-likeness (QED) is 0.350. The fourth-order valence-corrected chi connectivity index (χ4v) is 4.93. The van der Waals surface area contributed by atoms with Gasteiger partial charge in [-0.1, -0.05) is 0 Å². The molecule has 180 valence electrons. The van der Waals surface area contributed by atoms with Gasteiger partial charge in [0.2, 0.25) is 0 Å². The van der Waals surface area contributed by atoms with Crippen molar-refractivity contribution in [3.63, 3.8) is 0 Å². The molecule has 3 aromatic heterocycles. The van der Waals surface area contributed by atoms with Crippen LogP contribution in [0.4, 0.5) is 8.78 Å². The second-order valence-corrected chi connectivity index (χ2v) is 9.43. The highest BCUT2D eigenvalue weighted by molar-refractivity contribution is 5.94. The van der Waals surface area contributed by atoms with E-state index in [4.69, 9.17) is 19.4 Å². The maximum Gasteiger partial charge on any atom is 0.140 e. The molecule has 1 saturated carbocycles. The highest BCUT2D eigenvalue weighted by Crippen LogP contribution is 2.41. The fourth-order valence-electron chi connectivity index (χ4n) is 4.93. The summed E-state index contributed by atoms with van der Waals surface area (Å²) in [6, 6.07) is 7.89. The minimum absolute atomic E-state index is 0.0738. The first-order valence-electron chi connectivity index (χ1n) is 12.0. The van der Waals surface area contributed by atoms with E-state index in [9.17, 15) is 8.78 Å². The Morgan fingerprint density at radius 1 is 1.09 bits per heavy atom. The van der Waals surface area contributed by atoms with Gasteiger partial charge in [-0.25, -0.2) is 13.8 Å². The minimum Gasteiger partial charge on any atom is -0.495 e. The van der Waals surface area contributed by atoms with E-state index in [-0.39, 0.29) is 17.6 Å².